The summed E-state index contributed by atoms with van der Waals surface area (Å²) in [4.78, 5) is 23.7. The lowest BCUT2D eigenvalue weighted by atomic mass is 10.0. The van der Waals surface area contributed by atoms with Crippen LogP contribution in [0, 0.1) is 0 Å². The smallest absolute Gasteiger partial charge is 0.216 e. The number of hydrogen-bond acceptors (Lipinski definition) is 6. The first kappa shape index (κ1) is 19.5. The Bertz CT molecular complexity index is 784. The van der Waals surface area contributed by atoms with Crippen molar-refractivity contribution in [2.75, 3.05) is 6.54 Å². The van der Waals surface area contributed by atoms with E-state index in [9.17, 15) is 9.59 Å². The monoisotopic (exact) mass is 387 g/mol. The van der Waals surface area contributed by atoms with E-state index in [0.29, 0.717) is 18.2 Å². The SMILES string of the molecule is CC(=O)NCCc1ccc(C(=O)C(C)Sc2nnnn2C2CCCC2)cc1. The van der Waals surface area contributed by atoms with Gasteiger partial charge in [0.25, 0.3) is 0 Å². The van der Waals surface area contributed by atoms with Crippen LogP contribution in [0.2, 0.25) is 0 Å². The summed E-state index contributed by atoms with van der Waals surface area (Å²) in [5, 5.41) is 15.3. The molecule has 1 heterocycles. The van der Waals surface area contributed by atoms with Gasteiger partial charge in [-0.15, -0.1) is 5.10 Å². The maximum absolute atomic E-state index is 12.8. The van der Waals surface area contributed by atoms with Gasteiger partial charge in [0.05, 0.1) is 11.3 Å². The molecule has 1 atom stereocenters. The number of tetrazole rings is 1. The maximum atomic E-state index is 12.8. The van der Waals surface area contributed by atoms with E-state index in [1.165, 1.54) is 31.5 Å². The fourth-order valence-corrected chi connectivity index (χ4v) is 4.24. The number of thioether (sulfide) groups is 1. The van der Waals surface area contributed by atoms with Gasteiger partial charge < -0.3 is 5.32 Å². The molecule has 1 unspecified atom stereocenters. The molecule has 144 valence electrons. The van der Waals surface area contributed by atoms with Crippen LogP contribution >= 0.6 is 11.8 Å². The number of nitrogens with one attached hydrogen (secondary N) is 1. The zero-order valence-corrected chi connectivity index (χ0v) is 16.5. The number of ketones is 1. The summed E-state index contributed by atoms with van der Waals surface area (Å²) in [6.45, 7) is 3.99. The molecule has 2 aromatic rings. The molecule has 0 aliphatic heterocycles. The van der Waals surface area contributed by atoms with E-state index in [2.05, 4.69) is 20.8 Å². The zero-order valence-electron chi connectivity index (χ0n) is 15.7. The highest BCUT2D eigenvalue weighted by atomic mass is 32.2. The second-order valence-corrected chi connectivity index (χ2v) is 8.21. The van der Waals surface area contributed by atoms with Gasteiger partial charge in [0, 0.05) is 19.0 Å². The number of hydrogen-bond donors (Lipinski definition) is 1. The fraction of sp³-hybridized carbons (Fsp3) is 0.526. The first-order chi connectivity index (χ1) is 13.0. The van der Waals surface area contributed by atoms with Crippen LogP contribution in [0.25, 0.3) is 0 Å². The summed E-state index contributed by atoms with van der Waals surface area (Å²) >= 11 is 1.42. The summed E-state index contributed by atoms with van der Waals surface area (Å²) in [6, 6.07) is 7.93. The van der Waals surface area contributed by atoms with Gasteiger partial charge >= 0.3 is 0 Å². The summed E-state index contributed by atoms with van der Waals surface area (Å²) in [5.41, 5.74) is 1.77. The Morgan fingerprint density at radius 1 is 1.26 bits per heavy atom. The molecule has 1 aliphatic carbocycles. The molecule has 0 bridgehead atoms. The average molecular weight is 388 g/mol. The van der Waals surface area contributed by atoms with Gasteiger partial charge in [-0.3, -0.25) is 9.59 Å². The van der Waals surface area contributed by atoms with E-state index in [4.69, 9.17) is 0 Å². The number of rotatable bonds is 8. The van der Waals surface area contributed by atoms with E-state index in [1.807, 2.05) is 35.9 Å². The van der Waals surface area contributed by atoms with E-state index in [-0.39, 0.29) is 16.9 Å². The van der Waals surface area contributed by atoms with Crippen molar-refractivity contribution in [3.63, 3.8) is 0 Å². The predicted octanol–water partition coefficient (Wildman–Crippen LogP) is 2.83. The van der Waals surface area contributed by atoms with Crippen molar-refractivity contribution in [1.29, 1.82) is 0 Å². The van der Waals surface area contributed by atoms with Crippen LogP contribution in [0.15, 0.2) is 29.4 Å². The molecule has 1 aromatic heterocycles. The van der Waals surface area contributed by atoms with E-state index in [1.54, 1.807) is 0 Å². The molecule has 0 saturated heterocycles. The van der Waals surface area contributed by atoms with E-state index >= 15 is 0 Å². The molecule has 3 rings (SSSR count). The molecule has 1 fully saturated rings. The van der Waals surface area contributed by atoms with Crippen LogP contribution in [0.1, 0.15) is 61.5 Å². The minimum atomic E-state index is -0.263. The van der Waals surface area contributed by atoms with Crippen molar-refractivity contribution >= 4 is 23.5 Å². The third-order valence-corrected chi connectivity index (χ3v) is 5.86. The van der Waals surface area contributed by atoms with Crippen LogP contribution in [0.3, 0.4) is 0 Å². The van der Waals surface area contributed by atoms with Gasteiger partial charge in [-0.2, -0.15) is 0 Å². The zero-order chi connectivity index (χ0) is 19.2. The molecule has 0 radical (unpaired) electrons. The number of carbonyl (C=O) groups is 2. The molecule has 1 aromatic carbocycles. The molecular weight excluding hydrogens is 362 g/mol. The predicted molar refractivity (Wildman–Crippen MR) is 104 cm³/mol. The summed E-state index contributed by atoms with van der Waals surface area (Å²) in [7, 11) is 0. The van der Waals surface area contributed by atoms with Crippen molar-refractivity contribution in [3.05, 3.63) is 35.4 Å². The van der Waals surface area contributed by atoms with Gasteiger partial charge in [-0.1, -0.05) is 48.9 Å². The second-order valence-electron chi connectivity index (χ2n) is 6.90. The number of benzene rings is 1. The van der Waals surface area contributed by atoms with Crippen molar-refractivity contribution in [1.82, 2.24) is 25.5 Å². The third kappa shape index (κ3) is 5.15. The topological polar surface area (TPSA) is 89.8 Å². The lowest BCUT2D eigenvalue weighted by molar-refractivity contribution is -0.118. The Morgan fingerprint density at radius 3 is 2.63 bits per heavy atom. The van der Waals surface area contributed by atoms with Crippen molar-refractivity contribution in [2.24, 2.45) is 0 Å². The van der Waals surface area contributed by atoms with Crippen LogP contribution in [0.4, 0.5) is 0 Å². The lowest BCUT2D eigenvalue weighted by Gasteiger charge is -2.14. The van der Waals surface area contributed by atoms with Crippen LogP contribution < -0.4 is 5.32 Å². The van der Waals surface area contributed by atoms with Gasteiger partial charge in [-0.25, -0.2) is 4.68 Å². The number of carbonyl (C=O) groups excluding carboxylic acids is 2. The maximum Gasteiger partial charge on any atom is 0.216 e. The van der Waals surface area contributed by atoms with E-state index < -0.39 is 0 Å². The number of amides is 1. The molecule has 0 spiro atoms. The van der Waals surface area contributed by atoms with E-state index in [0.717, 1.165) is 30.0 Å². The van der Waals surface area contributed by atoms with Gasteiger partial charge in [0.2, 0.25) is 11.1 Å². The highest BCUT2D eigenvalue weighted by molar-refractivity contribution is 8.00. The lowest BCUT2D eigenvalue weighted by Crippen LogP contribution is -2.22. The second kappa shape index (κ2) is 9.12. The van der Waals surface area contributed by atoms with Crippen molar-refractivity contribution in [2.45, 2.75) is 62.4 Å². The van der Waals surface area contributed by atoms with Gasteiger partial charge in [0.1, 0.15) is 0 Å². The Kier molecular flexibility index (Phi) is 6.60. The van der Waals surface area contributed by atoms with Crippen LogP contribution in [-0.2, 0) is 11.2 Å². The Hall–Kier alpha value is -2.22. The molecule has 1 amide bonds. The summed E-state index contributed by atoms with van der Waals surface area (Å²) in [5.74, 6) is 0.0296. The molecule has 1 saturated carbocycles. The van der Waals surface area contributed by atoms with Crippen LogP contribution in [0.5, 0.6) is 0 Å². The largest absolute Gasteiger partial charge is 0.356 e. The van der Waals surface area contributed by atoms with Crippen molar-refractivity contribution in [3.8, 4) is 0 Å². The highest BCUT2D eigenvalue weighted by Crippen LogP contribution is 2.33. The normalized spacial score (nSPS) is 15.6. The highest BCUT2D eigenvalue weighted by Gasteiger charge is 2.25. The van der Waals surface area contributed by atoms with Crippen LogP contribution in [-0.4, -0.2) is 43.7 Å². The summed E-state index contributed by atoms with van der Waals surface area (Å²) in [6.07, 6.45) is 5.35. The van der Waals surface area contributed by atoms with Gasteiger partial charge in [0.15, 0.2) is 5.78 Å². The average Bonchev–Trinajstić information content (AvgIpc) is 3.32. The quantitative estimate of drug-likeness (QED) is 0.553. The summed E-state index contributed by atoms with van der Waals surface area (Å²) < 4.78 is 1.88. The third-order valence-electron chi connectivity index (χ3n) is 4.81. The minimum Gasteiger partial charge on any atom is -0.356 e. The Balaban J connectivity index is 1.59. The Morgan fingerprint density at radius 2 is 1.96 bits per heavy atom. The fourth-order valence-electron chi connectivity index (χ4n) is 3.31. The molecule has 27 heavy (non-hydrogen) atoms. The Labute approximate surface area is 163 Å². The number of nitrogens with zero attached hydrogens (tertiary/aromatic N) is 4. The standard InChI is InChI=1S/C19H25N5O2S/c1-13(27-19-21-22-23-24(19)17-5-3-4-6-17)18(26)16-9-7-15(8-10-16)11-12-20-14(2)25/h7-10,13,17H,3-6,11-12H2,1-2H3,(H,20,25). The minimum absolute atomic E-state index is 0.0346. The number of aromatic nitrogens is 4. The first-order valence-electron chi connectivity index (χ1n) is 9.36. The molecule has 1 N–H and O–H groups in total. The molecule has 7 nitrogen and oxygen atoms in total. The molecule has 8 heteroatoms. The molecule has 1 aliphatic rings. The first-order valence-corrected chi connectivity index (χ1v) is 10.2. The van der Waals surface area contributed by atoms with Gasteiger partial charge in [-0.05, 0) is 42.2 Å². The van der Waals surface area contributed by atoms with Crippen molar-refractivity contribution < 1.29 is 9.59 Å². The number of Topliss-reactive ketones (excluding diaryl/α,β-unsaturated/α-hetero) is 1. The molecular formula is C19H25N5O2S.